The maximum atomic E-state index is 11.3. The number of rotatable bonds is 1. The molecule has 0 fully saturated rings. The minimum Gasteiger partial charge on any atom is -0.594 e. The standard InChI is InChI=1S/C8H6IN3O2/c1-14-5-2-3-7-6(4-5)10-8(9)11-12(7)13/h2-4H,1H3. The van der Waals surface area contributed by atoms with Gasteiger partial charge in [-0.15, -0.1) is 0 Å². The minimum absolute atomic E-state index is 0.415. The van der Waals surface area contributed by atoms with Gasteiger partial charge >= 0.3 is 0 Å². The van der Waals surface area contributed by atoms with Crippen LogP contribution in [0, 0.1) is 9.04 Å². The van der Waals surface area contributed by atoms with Crippen LogP contribution < -0.4 is 9.58 Å². The van der Waals surface area contributed by atoms with Crippen molar-refractivity contribution in [2.24, 2.45) is 0 Å². The van der Waals surface area contributed by atoms with Gasteiger partial charge in [0.2, 0.25) is 0 Å². The summed E-state index contributed by atoms with van der Waals surface area (Å²) in [4.78, 5) is 4.68. The third kappa shape index (κ3) is 1.57. The molecule has 0 aliphatic carbocycles. The van der Waals surface area contributed by atoms with Gasteiger partial charge in [-0.2, -0.15) is 0 Å². The van der Waals surface area contributed by atoms with Gasteiger partial charge in [0.1, 0.15) is 11.3 Å². The van der Waals surface area contributed by atoms with E-state index in [0.717, 1.165) is 0 Å². The highest BCUT2D eigenvalue weighted by Gasteiger charge is 2.09. The van der Waals surface area contributed by atoms with E-state index in [9.17, 15) is 5.21 Å². The summed E-state index contributed by atoms with van der Waals surface area (Å²) in [5.74, 6) is 0.673. The molecular weight excluding hydrogens is 297 g/mol. The van der Waals surface area contributed by atoms with Gasteiger partial charge in [0.15, 0.2) is 0 Å². The number of hydrogen-bond donors (Lipinski definition) is 0. The fourth-order valence-electron chi connectivity index (χ4n) is 1.13. The Labute approximate surface area is 93.4 Å². The van der Waals surface area contributed by atoms with Crippen molar-refractivity contribution in [2.45, 2.75) is 0 Å². The van der Waals surface area contributed by atoms with Crippen LogP contribution in [-0.4, -0.2) is 17.2 Å². The zero-order valence-corrected chi connectivity index (χ0v) is 9.43. The van der Waals surface area contributed by atoms with Gasteiger partial charge in [0.05, 0.1) is 7.11 Å². The second kappa shape index (κ2) is 3.52. The zero-order valence-electron chi connectivity index (χ0n) is 7.27. The summed E-state index contributed by atoms with van der Waals surface area (Å²) in [5, 5.41) is 15.0. The molecule has 2 aromatic rings. The summed E-state index contributed by atoms with van der Waals surface area (Å²) in [6.07, 6.45) is 0. The average molecular weight is 303 g/mol. The fraction of sp³-hybridized carbons (Fsp3) is 0.125. The maximum absolute atomic E-state index is 11.3. The van der Waals surface area contributed by atoms with Crippen molar-refractivity contribution in [1.29, 1.82) is 0 Å². The lowest BCUT2D eigenvalue weighted by atomic mass is 10.3. The van der Waals surface area contributed by atoms with E-state index in [1.165, 1.54) is 0 Å². The van der Waals surface area contributed by atoms with Crippen LogP contribution >= 0.6 is 22.6 Å². The third-order valence-corrected chi connectivity index (χ3v) is 2.23. The molecule has 0 amide bonds. The molecule has 1 aromatic heterocycles. The quantitative estimate of drug-likeness (QED) is 0.446. The first-order valence-corrected chi connectivity index (χ1v) is 4.90. The van der Waals surface area contributed by atoms with E-state index in [2.05, 4.69) is 10.1 Å². The Bertz CT molecular complexity index is 489. The van der Waals surface area contributed by atoms with E-state index < -0.39 is 0 Å². The number of ether oxygens (including phenoxy) is 1. The summed E-state index contributed by atoms with van der Waals surface area (Å²) in [6.45, 7) is 0. The SMILES string of the molecule is COc1ccc2c(c1)nc(I)n[n+]2[O-]. The summed E-state index contributed by atoms with van der Waals surface area (Å²) >= 11 is 1.89. The molecule has 72 valence electrons. The molecule has 0 aliphatic heterocycles. The van der Waals surface area contributed by atoms with Crippen molar-refractivity contribution in [3.63, 3.8) is 0 Å². The smallest absolute Gasteiger partial charge is 0.270 e. The number of halogens is 1. The Kier molecular flexibility index (Phi) is 2.36. The highest BCUT2D eigenvalue weighted by Crippen LogP contribution is 2.16. The van der Waals surface area contributed by atoms with Crippen LogP contribution in [0.5, 0.6) is 5.75 Å². The number of methoxy groups -OCH3 is 1. The molecular formula is C8H6IN3O2. The molecule has 0 atom stereocenters. The van der Waals surface area contributed by atoms with E-state index in [-0.39, 0.29) is 0 Å². The highest BCUT2D eigenvalue weighted by molar-refractivity contribution is 14.1. The largest absolute Gasteiger partial charge is 0.594 e. The first kappa shape index (κ1) is 9.38. The predicted octanol–water partition coefficient (Wildman–Crippen LogP) is 0.876. The van der Waals surface area contributed by atoms with Gasteiger partial charge in [-0.3, -0.25) is 0 Å². The minimum atomic E-state index is 0.415. The van der Waals surface area contributed by atoms with Crippen LogP contribution in [0.3, 0.4) is 0 Å². The maximum Gasteiger partial charge on any atom is 0.270 e. The third-order valence-electron chi connectivity index (χ3n) is 1.77. The summed E-state index contributed by atoms with van der Waals surface area (Å²) in [7, 11) is 1.57. The van der Waals surface area contributed by atoms with Crippen molar-refractivity contribution in [2.75, 3.05) is 7.11 Å². The molecule has 0 unspecified atom stereocenters. The Morgan fingerprint density at radius 3 is 3.00 bits per heavy atom. The van der Waals surface area contributed by atoms with Crippen molar-refractivity contribution in [1.82, 2.24) is 10.1 Å². The van der Waals surface area contributed by atoms with Crippen molar-refractivity contribution in [3.8, 4) is 5.75 Å². The van der Waals surface area contributed by atoms with Gasteiger partial charge < -0.3 is 9.94 Å². The lowest BCUT2D eigenvalue weighted by Crippen LogP contribution is -2.33. The van der Waals surface area contributed by atoms with Crippen LogP contribution in [0.15, 0.2) is 18.2 Å². The van der Waals surface area contributed by atoms with E-state index >= 15 is 0 Å². The van der Waals surface area contributed by atoms with Crippen LogP contribution in [0.1, 0.15) is 0 Å². The normalized spacial score (nSPS) is 10.4. The zero-order chi connectivity index (χ0) is 10.1. The molecule has 0 saturated carbocycles. The van der Waals surface area contributed by atoms with E-state index in [4.69, 9.17) is 4.74 Å². The molecule has 0 radical (unpaired) electrons. The summed E-state index contributed by atoms with van der Waals surface area (Å²) < 4.78 is 5.44. The second-order valence-corrected chi connectivity index (χ2v) is 3.57. The topological polar surface area (TPSA) is 62.0 Å². The van der Waals surface area contributed by atoms with E-state index in [0.29, 0.717) is 25.5 Å². The molecule has 2 rings (SSSR count). The summed E-state index contributed by atoms with van der Waals surface area (Å²) in [6, 6.07) is 5.04. The summed E-state index contributed by atoms with van der Waals surface area (Å²) in [5.41, 5.74) is 1.02. The molecule has 1 heterocycles. The van der Waals surface area contributed by atoms with E-state index in [1.54, 1.807) is 25.3 Å². The Balaban J connectivity index is 2.75. The number of fused-ring (bicyclic) bond motifs is 1. The molecule has 1 aromatic carbocycles. The molecule has 0 saturated heterocycles. The Morgan fingerprint density at radius 2 is 2.29 bits per heavy atom. The number of hydrogen-bond acceptors (Lipinski definition) is 4. The molecule has 5 nitrogen and oxygen atoms in total. The van der Waals surface area contributed by atoms with Crippen LogP contribution in [0.25, 0.3) is 11.0 Å². The lowest BCUT2D eigenvalue weighted by molar-refractivity contribution is -0.644. The van der Waals surface area contributed by atoms with Gasteiger partial charge in [-0.1, -0.05) is 0 Å². The van der Waals surface area contributed by atoms with Crippen molar-refractivity contribution >= 4 is 33.6 Å². The average Bonchev–Trinajstić information content (AvgIpc) is 2.16. The predicted molar refractivity (Wildman–Crippen MR) is 57.8 cm³/mol. The monoisotopic (exact) mass is 303 g/mol. The molecule has 0 N–H and O–H groups in total. The van der Waals surface area contributed by atoms with Crippen molar-refractivity contribution < 1.29 is 9.58 Å². The molecule has 14 heavy (non-hydrogen) atoms. The van der Waals surface area contributed by atoms with Gasteiger partial charge in [-0.25, -0.2) is 4.98 Å². The first-order chi connectivity index (χ1) is 6.70. The highest BCUT2D eigenvalue weighted by atomic mass is 127. The Morgan fingerprint density at radius 1 is 1.50 bits per heavy atom. The number of aromatic nitrogens is 3. The molecule has 0 bridgehead atoms. The lowest BCUT2D eigenvalue weighted by Gasteiger charge is -2.01. The van der Waals surface area contributed by atoms with Crippen LogP contribution in [0.2, 0.25) is 0 Å². The number of nitrogens with zero attached hydrogens (tertiary/aromatic N) is 3. The fourth-order valence-corrected chi connectivity index (χ4v) is 1.59. The van der Waals surface area contributed by atoms with Gasteiger partial charge in [0, 0.05) is 39.8 Å². The second-order valence-electron chi connectivity index (χ2n) is 2.61. The van der Waals surface area contributed by atoms with Crippen molar-refractivity contribution in [3.05, 3.63) is 27.2 Å². The van der Waals surface area contributed by atoms with Crippen LogP contribution in [0.4, 0.5) is 0 Å². The Hall–Kier alpha value is -1.18. The number of benzene rings is 1. The van der Waals surface area contributed by atoms with Gasteiger partial charge in [0.25, 0.3) is 9.35 Å². The first-order valence-electron chi connectivity index (χ1n) is 3.82. The van der Waals surface area contributed by atoms with Crippen LogP contribution in [-0.2, 0) is 0 Å². The van der Waals surface area contributed by atoms with Gasteiger partial charge in [-0.05, 0) is 10.9 Å². The molecule has 0 aliphatic rings. The molecule has 6 heteroatoms. The molecule has 0 spiro atoms. The van der Waals surface area contributed by atoms with E-state index in [1.807, 2.05) is 22.6 Å².